The van der Waals surface area contributed by atoms with Gasteiger partial charge in [0.15, 0.2) is 24.7 Å². The average molecular weight is 1150 g/mol. The number of carbonyl (C=O) groups excluding carboxylic acids is 4. The van der Waals surface area contributed by atoms with E-state index in [0.717, 1.165) is 12.7 Å². The lowest BCUT2D eigenvalue weighted by atomic mass is 9.70. The predicted molar refractivity (Wildman–Crippen MR) is 285 cm³/mol. The van der Waals surface area contributed by atoms with E-state index < -0.39 is 161 Å². The second-order valence-corrected chi connectivity index (χ2v) is 25.6. The van der Waals surface area contributed by atoms with Crippen LogP contribution >= 0.6 is 0 Å². The molecule has 2 bridgehead atoms. The number of ether oxygens (including phenoxy) is 9. The predicted octanol–water partition coefficient (Wildman–Crippen LogP) is 3.10. The Morgan fingerprint density at radius 1 is 0.835 bits per heavy atom. The number of esters is 1. The van der Waals surface area contributed by atoms with Crippen molar-refractivity contribution in [1.29, 1.82) is 0 Å². The minimum atomic E-state index is -4.08. The van der Waals surface area contributed by atoms with Crippen molar-refractivity contribution in [1.82, 2.24) is 4.90 Å². The number of aldehydes is 1. The summed E-state index contributed by atoms with van der Waals surface area (Å²) >= 11 is 0. The van der Waals surface area contributed by atoms with Gasteiger partial charge in [-0.1, -0.05) is 52.3 Å². The Balaban J connectivity index is 0.000000652. The third-order valence-corrected chi connectivity index (χ3v) is 18.8. The first-order valence-electron chi connectivity index (χ1n) is 27.8. The SMILES string of the molecule is CC1(C)[C@@H]2CC[C@@]1(CS(=O)(=O)O)C(=O)C2.CC[C@H]1OC(=O)C[C@@H](O)[C@H](C)[C@@H](O[C@@H]2O[C@H](C)[C@@H](O[C@H]3C[C@@](C)(O)[C@@H](O)[C@H](C)O3)[C@H](N(C)C)[C@H]2O)[C@@H](CC=O)C[C@@H](C)C(=O)/C=C/C(C)=C/C1CO[C@@H]1O[C@H](C)[C@@H](O)[C@@H](OC)[C@H]1OC. The number of ketones is 2. The van der Waals surface area contributed by atoms with Gasteiger partial charge in [-0.2, -0.15) is 8.42 Å². The molecule has 0 radical (unpaired) electrons. The Bertz CT molecular complexity index is 2220. The number of cyclic esters (lactones) is 1. The molecule has 3 saturated heterocycles. The first-order valence-corrected chi connectivity index (χ1v) is 29.5. The fraction of sp³-hybridized carbons (Fsp3) is 0.857. The summed E-state index contributed by atoms with van der Waals surface area (Å²) in [6.07, 6.45) is -6.52. The van der Waals surface area contributed by atoms with Crippen LogP contribution in [-0.2, 0) is 71.9 Å². The average Bonchev–Trinajstić information content (AvgIpc) is 3.81. The van der Waals surface area contributed by atoms with Crippen molar-refractivity contribution in [3.8, 4) is 0 Å². The summed E-state index contributed by atoms with van der Waals surface area (Å²) in [5.41, 5.74) is -1.93. The standard InChI is InChI=1S/C46H77NO17.C10H16O4S/c1-13-33-30(22-58-45-42(57-12)41(56-11)37(52)26(5)60-45)18-23(2)14-15-31(49)24(3)19-29(16-17-48)39(25(4)32(50)20-34(51)62-33)64-44-38(53)36(47(9)10)40(27(6)61-44)63-35-21-46(8,55)43(54)28(7)59-35;1-9(2)7-3-4-10(9,8(11)5-7)6-15(12,13)14/h14-15,17-18,24-30,32-33,35-45,50,52-55H,13,16,19-22H2,1-12H3;7H,3-6H2,1-2H3,(H,12,13,14)/b15-14+,23-18+;/t24-,25+,26-,27-,28+,29+,30?,32-,33-,35+,36-,37-,38-,39-,40-,41-,42-,43+,44+,45-,46-;7-,10-/m11/s1. The lowest BCUT2D eigenvalue weighted by molar-refractivity contribution is -0.341. The fourth-order valence-corrected chi connectivity index (χ4v) is 14.2. The van der Waals surface area contributed by atoms with Crippen LogP contribution in [0.15, 0.2) is 23.8 Å². The van der Waals surface area contributed by atoms with Crippen molar-refractivity contribution in [2.45, 2.75) is 224 Å². The highest BCUT2D eigenvalue weighted by atomic mass is 32.2. The largest absolute Gasteiger partial charge is 0.462 e. The van der Waals surface area contributed by atoms with Crippen molar-refractivity contribution in [3.63, 3.8) is 0 Å². The Labute approximate surface area is 466 Å². The summed E-state index contributed by atoms with van der Waals surface area (Å²) in [4.78, 5) is 53.4. The summed E-state index contributed by atoms with van der Waals surface area (Å²) in [5, 5.41) is 55.8. The molecule has 6 aliphatic rings. The van der Waals surface area contributed by atoms with E-state index in [9.17, 15) is 53.1 Å². The van der Waals surface area contributed by atoms with Crippen LogP contribution in [0, 0.1) is 40.4 Å². The van der Waals surface area contributed by atoms with E-state index in [2.05, 4.69) is 0 Å². The van der Waals surface area contributed by atoms with E-state index in [-0.39, 0.29) is 48.8 Å². The van der Waals surface area contributed by atoms with Crippen LogP contribution in [0.2, 0.25) is 0 Å². The molecule has 0 aromatic carbocycles. The van der Waals surface area contributed by atoms with Crippen molar-refractivity contribution in [2.24, 2.45) is 40.4 Å². The zero-order valence-electron chi connectivity index (χ0n) is 48.7. The number of aliphatic hydroxyl groups is 5. The molecule has 2 aliphatic carbocycles. The van der Waals surface area contributed by atoms with Crippen molar-refractivity contribution in [2.75, 3.05) is 40.7 Å². The number of aliphatic hydroxyl groups excluding tert-OH is 4. The highest BCUT2D eigenvalue weighted by Gasteiger charge is 2.65. The van der Waals surface area contributed by atoms with E-state index in [1.165, 1.54) is 27.2 Å². The quantitative estimate of drug-likeness (QED) is 0.0780. The van der Waals surface area contributed by atoms with Crippen LogP contribution < -0.4 is 0 Å². The Hall–Kier alpha value is -2.69. The number of fused-ring (bicyclic) bond motifs is 2. The maximum absolute atomic E-state index is 13.8. The summed E-state index contributed by atoms with van der Waals surface area (Å²) < 4.78 is 85.6. The van der Waals surface area contributed by atoms with Gasteiger partial charge in [-0.15, -0.1) is 0 Å². The number of carbonyl (C=O) groups is 4. The molecule has 1 unspecified atom stereocenters. The summed E-state index contributed by atoms with van der Waals surface area (Å²) in [6, 6.07) is -0.748. The van der Waals surface area contributed by atoms with Crippen LogP contribution in [-0.4, -0.2) is 212 Å². The van der Waals surface area contributed by atoms with Gasteiger partial charge in [-0.05, 0) is 97.7 Å². The highest BCUT2D eigenvalue weighted by molar-refractivity contribution is 7.85. The molecule has 454 valence electrons. The molecule has 79 heavy (non-hydrogen) atoms. The van der Waals surface area contributed by atoms with Crippen LogP contribution in [0.5, 0.6) is 0 Å². The lowest BCUT2D eigenvalue weighted by Gasteiger charge is -2.50. The van der Waals surface area contributed by atoms with E-state index in [1.54, 1.807) is 59.7 Å². The van der Waals surface area contributed by atoms with Crippen molar-refractivity contribution in [3.05, 3.63) is 23.8 Å². The van der Waals surface area contributed by atoms with Gasteiger partial charge in [0.25, 0.3) is 10.1 Å². The summed E-state index contributed by atoms with van der Waals surface area (Å²) in [7, 11) is 2.36. The van der Waals surface area contributed by atoms with Crippen molar-refractivity contribution < 1.29 is 100 Å². The fourth-order valence-electron chi connectivity index (χ4n) is 12.9. The number of methoxy groups -OCH3 is 2. The first-order chi connectivity index (χ1) is 36.8. The monoisotopic (exact) mass is 1150 g/mol. The molecule has 0 amide bonds. The molecule has 2 saturated carbocycles. The molecular weight excluding hydrogens is 1050 g/mol. The van der Waals surface area contributed by atoms with Crippen LogP contribution in [0.1, 0.15) is 121 Å². The molecule has 23 heteroatoms. The molecule has 22 nitrogen and oxygen atoms in total. The molecule has 0 aromatic rings. The molecule has 4 aliphatic heterocycles. The second-order valence-electron chi connectivity index (χ2n) is 24.1. The van der Waals surface area contributed by atoms with Gasteiger partial charge in [0, 0.05) is 51.2 Å². The highest BCUT2D eigenvalue weighted by Crippen LogP contribution is 2.64. The van der Waals surface area contributed by atoms with Crippen LogP contribution in [0.3, 0.4) is 0 Å². The number of rotatable bonds is 15. The summed E-state index contributed by atoms with van der Waals surface area (Å²) in [6.45, 7) is 17.5. The minimum absolute atomic E-state index is 0.00788. The van der Waals surface area contributed by atoms with Crippen LogP contribution in [0.25, 0.3) is 0 Å². The Kier molecular flexibility index (Phi) is 23.6. The second kappa shape index (κ2) is 27.8. The number of nitrogens with zero attached hydrogens (tertiary/aromatic N) is 1. The van der Waals surface area contributed by atoms with Gasteiger partial charge in [-0.3, -0.25) is 18.9 Å². The lowest BCUT2D eigenvalue weighted by Crippen LogP contribution is -2.65. The van der Waals surface area contributed by atoms with Gasteiger partial charge in [0.1, 0.15) is 54.8 Å². The van der Waals surface area contributed by atoms with Gasteiger partial charge in [-0.25, -0.2) is 0 Å². The number of allylic oxidation sites excluding steroid dienone is 3. The first kappa shape index (κ1) is 67.1. The Morgan fingerprint density at radius 3 is 2.03 bits per heavy atom. The topological polar surface area (TPSA) is 310 Å². The number of Topliss-reactive ketones (excluding diaryl/α,β-unsaturated/α-hetero) is 1. The molecule has 6 rings (SSSR count). The number of likely N-dealkylation sites (N-methyl/N-ethyl adjacent to an activating group) is 1. The van der Waals surface area contributed by atoms with Gasteiger partial charge >= 0.3 is 5.97 Å². The minimum Gasteiger partial charge on any atom is -0.462 e. The maximum Gasteiger partial charge on any atom is 0.308 e. The number of hydrogen-bond donors (Lipinski definition) is 6. The van der Waals surface area contributed by atoms with Gasteiger partial charge < -0.3 is 77.9 Å². The number of hydrogen-bond acceptors (Lipinski definition) is 21. The third kappa shape index (κ3) is 15.7. The zero-order chi connectivity index (χ0) is 59.3. The Morgan fingerprint density at radius 2 is 1.48 bits per heavy atom. The van der Waals surface area contributed by atoms with Gasteiger partial charge in [0.05, 0.1) is 66.4 Å². The molecule has 4 heterocycles. The van der Waals surface area contributed by atoms with E-state index in [4.69, 9.17) is 47.2 Å². The normalized spacial score (nSPS) is 44.5. The van der Waals surface area contributed by atoms with E-state index in [0.29, 0.717) is 24.8 Å². The molecular formula is C56H93NO21S. The van der Waals surface area contributed by atoms with Crippen molar-refractivity contribution >= 4 is 33.9 Å². The molecule has 6 N–H and O–H groups in total. The molecule has 0 spiro atoms. The van der Waals surface area contributed by atoms with E-state index in [1.807, 2.05) is 33.8 Å². The summed E-state index contributed by atoms with van der Waals surface area (Å²) in [5.74, 6) is -3.69. The smallest absolute Gasteiger partial charge is 0.308 e. The molecule has 23 atom stereocenters. The van der Waals surface area contributed by atoms with Gasteiger partial charge in [0.2, 0.25) is 0 Å². The molecule has 0 aromatic heterocycles. The third-order valence-electron chi connectivity index (χ3n) is 18.0. The zero-order valence-corrected chi connectivity index (χ0v) is 49.5. The molecule has 5 fully saturated rings. The van der Waals surface area contributed by atoms with Crippen LogP contribution in [0.4, 0.5) is 0 Å². The van der Waals surface area contributed by atoms with E-state index >= 15 is 0 Å². The maximum atomic E-state index is 13.8.